The molecule has 10 heavy (non-hydrogen) atoms. The lowest BCUT2D eigenvalue weighted by atomic mass is 9.96. The molecule has 0 saturated carbocycles. The molecule has 2 heteroatoms. The average Bonchev–Trinajstić information content (AvgIpc) is 2.05. The maximum absolute atomic E-state index is 4.14. The third-order valence-electron chi connectivity index (χ3n) is 1.87. The van der Waals surface area contributed by atoms with E-state index in [-0.39, 0.29) is 0 Å². The van der Waals surface area contributed by atoms with Crippen molar-refractivity contribution < 1.29 is 0 Å². The highest BCUT2D eigenvalue weighted by molar-refractivity contribution is 5.66. The van der Waals surface area contributed by atoms with Crippen LogP contribution in [0.25, 0.3) is 0 Å². The van der Waals surface area contributed by atoms with Gasteiger partial charge >= 0.3 is 0 Å². The summed E-state index contributed by atoms with van der Waals surface area (Å²) in [5.74, 6) is 0.485. The molecule has 1 heterocycles. The van der Waals surface area contributed by atoms with E-state index in [2.05, 4.69) is 34.6 Å². The first kappa shape index (κ1) is 5.86. The second-order valence-corrected chi connectivity index (χ2v) is 2.57. The summed E-state index contributed by atoms with van der Waals surface area (Å²) in [6.07, 6.45) is 10.5. The van der Waals surface area contributed by atoms with Gasteiger partial charge in [0, 0.05) is 18.2 Å². The molecule has 2 unspecified atom stereocenters. The summed E-state index contributed by atoms with van der Waals surface area (Å²) in [7, 11) is 0. The number of aliphatic imine (C=N–C) groups is 1. The molecule has 2 atom stereocenters. The van der Waals surface area contributed by atoms with Gasteiger partial charge in [0.2, 0.25) is 0 Å². The largest absolute Gasteiger partial charge is 0.291 e. The zero-order chi connectivity index (χ0) is 6.81. The Labute approximate surface area is 60.3 Å². The fourth-order valence-corrected chi connectivity index (χ4v) is 1.30. The van der Waals surface area contributed by atoms with E-state index in [0.717, 1.165) is 6.67 Å². The van der Waals surface area contributed by atoms with Crippen LogP contribution in [-0.4, -0.2) is 18.9 Å². The lowest BCUT2D eigenvalue weighted by Crippen LogP contribution is -2.39. The number of hydrogen-bond donors (Lipinski definition) is 1. The zero-order valence-corrected chi connectivity index (χ0v) is 5.70. The molecule has 2 rings (SSSR count). The van der Waals surface area contributed by atoms with Gasteiger partial charge in [0.1, 0.15) is 0 Å². The first-order valence-corrected chi connectivity index (χ1v) is 3.55. The summed E-state index contributed by atoms with van der Waals surface area (Å²) in [6, 6.07) is 0.488. The van der Waals surface area contributed by atoms with Crippen LogP contribution in [0.3, 0.4) is 0 Å². The molecule has 0 bridgehead atoms. The normalized spacial score (nSPS) is 36.0. The van der Waals surface area contributed by atoms with E-state index >= 15 is 0 Å². The van der Waals surface area contributed by atoms with Crippen molar-refractivity contribution >= 4 is 6.21 Å². The van der Waals surface area contributed by atoms with Crippen molar-refractivity contribution in [2.45, 2.75) is 6.04 Å². The monoisotopic (exact) mass is 134 g/mol. The fraction of sp³-hybridized carbons (Fsp3) is 0.375. The van der Waals surface area contributed by atoms with Gasteiger partial charge in [-0.25, -0.2) is 0 Å². The predicted octanol–water partition coefficient (Wildman–Crippen LogP) is 0.729. The molecule has 2 aliphatic rings. The molecule has 0 aromatic rings. The molecule has 0 aromatic carbocycles. The Hall–Kier alpha value is -0.890. The van der Waals surface area contributed by atoms with Crippen LogP contribution >= 0.6 is 0 Å². The average molecular weight is 134 g/mol. The van der Waals surface area contributed by atoms with Crippen LogP contribution in [0.4, 0.5) is 0 Å². The van der Waals surface area contributed by atoms with Gasteiger partial charge in [-0.3, -0.25) is 10.3 Å². The van der Waals surface area contributed by atoms with Crippen molar-refractivity contribution in [2.24, 2.45) is 10.9 Å². The molecule has 0 spiro atoms. The number of nitrogens with one attached hydrogen (secondary N) is 1. The van der Waals surface area contributed by atoms with E-state index in [0.29, 0.717) is 12.0 Å². The number of fused-ring (bicyclic) bond motifs is 1. The van der Waals surface area contributed by atoms with Crippen LogP contribution in [0.15, 0.2) is 29.3 Å². The lowest BCUT2D eigenvalue weighted by Gasteiger charge is -2.24. The molecule has 0 saturated heterocycles. The van der Waals surface area contributed by atoms with E-state index in [1.54, 1.807) is 0 Å². The maximum Gasteiger partial charge on any atom is 0.0885 e. The van der Waals surface area contributed by atoms with Crippen molar-refractivity contribution in [3.05, 3.63) is 24.3 Å². The molecule has 0 radical (unpaired) electrons. The highest BCUT2D eigenvalue weighted by atomic mass is 15.1. The van der Waals surface area contributed by atoms with Crippen LogP contribution in [0, 0.1) is 5.92 Å². The van der Waals surface area contributed by atoms with E-state index < -0.39 is 0 Å². The third-order valence-corrected chi connectivity index (χ3v) is 1.87. The molecule has 52 valence electrons. The van der Waals surface area contributed by atoms with Crippen LogP contribution in [0.2, 0.25) is 0 Å². The zero-order valence-electron chi connectivity index (χ0n) is 5.70. The minimum Gasteiger partial charge on any atom is -0.291 e. The van der Waals surface area contributed by atoms with Crippen molar-refractivity contribution in [3.63, 3.8) is 0 Å². The second kappa shape index (κ2) is 2.39. The molecular weight excluding hydrogens is 124 g/mol. The highest BCUT2D eigenvalue weighted by Crippen LogP contribution is 2.12. The molecule has 0 amide bonds. The Bertz CT molecular complexity index is 203. The summed E-state index contributed by atoms with van der Waals surface area (Å²) in [5, 5.41) is 3.29. The van der Waals surface area contributed by atoms with E-state index in [4.69, 9.17) is 0 Å². The van der Waals surface area contributed by atoms with Gasteiger partial charge in [-0.05, 0) is 0 Å². The highest BCUT2D eigenvalue weighted by Gasteiger charge is 2.17. The molecular formula is C8H10N2. The molecule has 1 aliphatic carbocycles. The number of nitrogens with zero attached hydrogens (tertiary/aromatic N) is 1. The summed E-state index contributed by atoms with van der Waals surface area (Å²) >= 11 is 0. The van der Waals surface area contributed by atoms with Crippen LogP contribution in [0.5, 0.6) is 0 Å². The van der Waals surface area contributed by atoms with Crippen LogP contribution in [0.1, 0.15) is 0 Å². The number of hydrogen-bond acceptors (Lipinski definition) is 2. The summed E-state index contributed by atoms with van der Waals surface area (Å²) in [4.78, 5) is 4.14. The number of allylic oxidation sites excluding steroid dienone is 2. The number of rotatable bonds is 0. The van der Waals surface area contributed by atoms with Crippen molar-refractivity contribution in [1.29, 1.82) is 0 Å². The van der Waals surface area contributed by atoms with E-state index in [9.17, 15) is 0 Å². The first-order chi connectivity index (χ1) is 4.97. The van der Waals surface area contributed by atoms with E-state index in [1.807, 2.05) is 6.21 Å². The third kappa shape index (κ3) is 0.907. The minimum atomic E-state index is 0.485. The van der Waals surface area contributed by atoms with Gasteiger partial charge in [-0.2, -0.15) is 0 Å². The van der Waals surface area contributed by atoms with E-state index in [1.165, 1.54) is 0 Å². The Kier molecular flexibility index (Phi) is 1.40. The molecule has 0 aromatic heterocycles. The van der Waals surface area contributed by atoms with Crippen molar-refractivity contribution in [1.82, 2.24) is 5.32 Å². The second-order valence-electron chi connectivity index (χ2n) is 2.57. The lowest BCUT2D eigenvalue weighted by molar-refractivity contribution is 0.537. The summed E-state index contributed by atoms with van der Waals surface area (Å²) in [6.45, 7) is 0.763. The Balaban J connectivity index is 2.21. The molecule has 1 N–H and O–H groups in total. The minimum absolute atomic E-state index is 0.485. The van der Waals surface area contributed by atoms with Gasteiger partial charge in [0.25, 0.3) is 0 Å². The van der Waals surface area contributed by atoms with Crippen molar-refractivity contribution in [3.8, 4) is 0 Å². The maximum atomic E-state index is 4.14. The Morgan fingerprint density at radius 1 is 1.30 bits per heavy atom. The smallest absolute Gasteiger partial charge is 0.0885 e. The summed E-state index contributed by atoms with van der Waals surface area (Å²) < 4.78 is 0. The predicted molar refractivity (Wildman–Crippen MR) is 42.1 cm³/mol. The first-order valence-electron chi connectivity index (χ1n) is 3.55. The van der Waals surface area contributed by atoms with Gasteiger partial charge in [-0.1, -0.05) is 24.3 Å². The molecule has 2 nitrogen and oxygen atoms in total. The topological polar surface area (TPSA) is 24.4 Å². The van der Waals surface area contributed by atoms with Gasteiger partial charge in [0.15, 0.2) is 0 Å². The summed E-state index contributed by atoms with van der Waals surface area (Å²) in [5.41, 5.74) is 0. The van der Waals surface area contributed by atoms with Gasteiger partial charge in [-0.15, -0.1) is 0 Å². The van der Waals surface area contributed by atoms with Crippen LogP contribution < -0.4 is 5.32 Å². The van der Waals surface area contributed by atoms with Crippen LogP contribution in [-0.2, 0) is 0 Å². The molecule has 1 aliphatic heterocycles. The van der Waals surface area contributed by atoms with Gasteiger partial charge in [0.05, 0.1) is 6.67 Å². The Morgan fingerprint density at radius 2 is 2.20 bits per heavy atom. The quantitative estimate of drug-likeness (QED) is 0.519. The Morgan fingerprint density at radius 3 is 3.10 bits per heavy atom. The SMILES string of the molecule is C1=CC2C=NCNC2C=C1. The van der Waals surface area contributed by atoms with Gasteiger partial charge < -0.3 is 0 Å². The van der Waals surface area contributed by atoms with Crippen molar-refractivity contribution in [2.75, 3.05) is 6.67 Å². The molecule has 0 fully saturated rings. The standard InChI is InChI=1S/C8H10N2/c1-2-4-8-7(3-1)5-9-6-10-8/h1-5,7-8,10H,6H2. The fourth-order valence-electron chi connectivity index (χ4n) is 1.30.